The summed E-state index contributed by atoms with van der Waals surface area (Å²) in [5.74, 6) is 1.01. The van der Waals surface area contributed by atoms with Gasteiger partial charge in [-0.05, 0) is 25.2 Å². The topological polar surface area (TPSA) is 55.1 Å². The minimum Gasteiger partial charge on any atom is -0.356 e. The molecule has 3 N–H and O–H groups in total. The molecule has 2 aliphatic rings. The van der Waals surface area contributed by atoms with Crippen LogP contribution in [0.3, 0.4) is 0 Å². The molecule has 0 saturated heterocycles. The number of hydrogen-bond acceptors (Lipinski definition) is 2. The normalized spacial score (nSPS) is 24.1. The SMILES string of the molecule is NC1(CC(=O)NCCC2CCCCC2)CCCCC1. The average molecular weight is 266 g/mol. The summed E-state index contributed by atoms with van der Waals surface area (Å²) in [4.78, 5) is 12.0. The first-order valence-electron chi connectivity index (χ1n) is 8.24. The van der Waals surface area contributed by atoms with Crippen molar-refractivity contribution in [2.45, 2.75) is 82.6 Å². The van der Waals surface area contributed by atoms with Crippen molar-refractivity contribution in [3.63, 3.8) is 0 Å². The lowest BCUT2D eigenvalue weighted by Gasteiger charge is -2.32. The molecule has 0 radical (unpaired) electrons. The molecule has 2 aliphatic carbocycles. The fraction of sp³-hybridized carbons (Fsp3) is 0.938. The summed E-state index contributed by atoms with van der Waals surface area (Å²) < 4.78 is 0. The van der Waals surface area contributed by atoms with Crippen molar-refractivity contribution in [1.82, 2.24) is 5.32 Å². The third-order valence-corrected chi connectivity index (χ3v) is 4.96. The van der Waals surface area contributed by atoms with Gasteiger partial charge in [0.25, 0.3) is 0 Å². The molecular formula is C16H30N2O. The molecule has 2 saturated carbocycles. The standard InChI is InChI=1S/C16H30N2O/c17-16(10-5-2-6-11-16)13-15(19)18-12-9-14-7-3-1-4-8-14/h14H,1-13,17H2,(H,18,19). The zero-order valence-electron chi connectivity index (χ0n) is 12.3. The molecule has 0 aromatic heterocycles. The van der Waals surface area contributed by atoms with Gasteiger partial charge in [-0.1, -0.05) is 51.4 Å². The zero-order chi connectivity index (χ0) is 13.6. The number of rotatable bonds is 5. The smallest absolute Gasteiger partial charge is 0.221 e. The van der Waals surface area contributed by atoms with Gasteiger partial charge in [-0.3, -0.25) is 4.79 Å². The van der Waals surface area contributed by atoms with E-state index in [1.807, 2.05) is 0 Å². The molecule has 2 fully saturated rings. The Morgan fingerprint density at radius 2 is 1.68 bits per heavy atom. The number of amides is 1. The Labute approximate surface area is 117 Å². The van der Waals surface area contributed by atoms with Crippen molar-refractivity contribution in [2.24, 2.45) is 11.7 Å². The third kappa shape index (κ3) is 5.13. The maximum atomic E-state index is 12.0. The van der Waals surface area contributed by atoms with Gasteiger partial charge in [-0.15, -0.1) is 0 Å². The van der Waals surface area contributed by atoms with Crippen LogP contribution in [0.2, 0.25) is 0 Å². The monoisotopic (exact) mass is 266 g/mol. The Kier molecular flexibility index (Phi) is 5.68. The highest BCUT2D eigenvalue weighted by Crippen LogP contribution is 2.29. The summed E-state index contributed by atoms with van der Waals surface area (Å²) in [5.41, 5.74) is 6.10. The van der Waals surface area contributed by atoms with E-state index < -0.39 is 0 Å². The number of carbonyl (C=O) groups excluding carboxylic acids is 1. The van der Waals surface area contributed by atoms with E-state index in [-0.39, 0.29) is 11.4 Å². The minimum atomic E-state index is -0.215. The molecule has 0 aliphatic heterocycles. The van der Waals surface area contributed by atoms with Gasteiger partial charge in [0, 0.05) is 18.5 Å². The maximum absolute atomic E-state index is 12.0. The molecule has 0 heterocycles. The second-order valence-corrected chi connectivity index (χ2v) is 6.74. The first-order valence-corrected chi connectivity index (χ1v) is 8.24. The molecule has 19 heavy (non-hydrogen) atoms. The van der Waals surface area contributed by atoms with Crippen LogP contribution in [-0.4, -0.2) is 18.0 Å². The summed E-state index contributed by atoms with van der Waals surface area (Å²) in [5, 5.41) is 3.08. The van der Waals surface area contributed by atoms with E-state index in [4.69, 9.17) is 5.73 Å². The fourth-order valence-electron chi connectivity index (χ4n) is 3.71. The van der Waals surface area contributed by atoms with E-state index >= 15 is 0 Å². The predicted octanol–water partition coefficient (Wildman–Crippen LogP) is 3.12. The first kappa shape index (κ1) is 14.8. The van der Waals surface area contributed by atoms with Crippen LogP contribution in [0.15, 0.2) is 0 Å². The van der Waals surface area contributed by atoms with Crippen LogP contribution in [0.5, 0.6) is 0 Å². The van der Waals surface area contributed by atoms with Crippen molar-refractivity contribution in [1.29, 1.82) is 0 Å². The van der Waals surface area contributed by atoms with Crippen LogP contribution in [0.4, 0.5) is 0 Å². The van der Waals surface area contributed by atoms with Crippen LogP contribution < -0.4 is 11.1 Å². The number of nitrogens with one attached hydrogen (secondary N) is 1. The zero-order valence-corrected chi connectivity index (χ0v) is 12.3. The molecule has 2 rings (SSSR count). The lowest BCUT2D eigenvalue weighted by molar-refractivity contribution is -0.122. The number of carbonyl (C=O) groups is 1. The molecule has 0 atom stereocenters. The van der Waals surface area contributed by atoms with Crippen molar-refractivity contribution in [3.8, 4) is 0 Å². The van der Waals surface area contributed by atoms with Gasteiger partial charge >= 0.3 is 0 Å². The van der Waals surface area contributed by atoms with Crippen LogP contribution in [0.1, 0.15) is 77.0 Å². The van der Waals surface area contributed by atoms with Crippen LogP contribution in [-0.2, 0) is 4.79 Å². The Morgan fingerprint density at radius 1 is 1.05 bits per heavy atom. The van der Waals surface area contributed by atoms with Crippen LogP contribution in [0, 0.1) is 5.92 Å². The van der Waals surface area contributed by atoms with Gasteiger partial charge in [-0.25, -0.2) is 0 Å². The van der Waals surface area contributed by atoms with E-state index in [1.165, 1.54) is 51.4 Å². The minimum absolute atomic E-state index is 0.167. The predicted molar refractivity (Wildman–Crippen MR) is 78.8 cm³/mol. The van der Waals surface area contributed by atoms with Crippen LogP contribution in [0.25, 0.3) is 0 Å². The van der Waals surface area contributed by atoms with Crippen molar-refractivity contribution in [3.05, 3.63) is 0 Å². The summed E-state index contributed by atoms with van der Waals surface area (Å²) in [7, 11) is 0. The lowest BCUT2D eigenvalue weighted by atomic mass is 9.80. The Hall–Kier alpha value is -0.570. The molecule has 0 unspecified atom stereocenters. The Morgan fingerprint density at radius 3 is 2.37 bits per heavy atom. The third-order valence-electron chi connectivity index (χ3n) is 4.96. The van der Waals surface area contributed by atoms with Gasteiger partial charge in [0.2, 0.25) is 5.91 Å². The summed E-state index contributed by atoms with van der Waals surface area (Å²) in [6.45, 7) is 0.847. The highest BCUT2D eigenvalue weighted by molar-refractivity contribution is 5.77. The molecule has 1 amide bonds. The molecule has 3 heteroatoms. The lowest BCUT2D eigenvalue weighted by Crippen LogP contribution is -2.46. The van der Waals surface area contributed by atoms with Crippen molar-refractivity contribution < 1.29 is 4.79 Å². The molecule has 0 aromatic carbocycles. The van der Waals surface area contributed by atoms with Gasteiger partial charge < -0.3 is 11.1 Å². The van der Waals surface area contributed by atoms with Crippen LogP contribution >= 0.6 is 0 Å². The fourth-order valence-corrected chi connectivity index (χ4v) is 3.71. The molecular weight excluding hydrogens is 236 g/mol. The van der Waals surface area contributed by atoms with E-state index in [9.17, 15) is 4.79 Å². The number of hydrogen-bond donors (Lipinski definition) is 2. The summed E-state index contributed by atoms with van der Waals surface area (Å²) >= 11 is 0. The summed E-state index contributed by atoms with van der Waals surface area (Å²) in [6.07, 6.45) is 14.2. The molecule has 0 aromatic rings. The highest BCUT2D eigenvalue weighted by Gasteiger charge is 2.29. The van der Waals surface area contributed by atoms with E-state index in [1.54, 1.807) is 0 Å². The maximum Gasteiger partial charge on any atom is 0.221 e. The molecule has 110 valence electrons. The van der Waals surface area contributed by atoms with Gasteiger partial charge in [0.15, 0.2) is 0 Å². The second-order valence-electron chi connectivity index (χ2n) is 6.74. The first-order chi connectivity index (χ1) is 9.18. The van der Waals surface area contributed by atoms with Gasteiger partial charge in [0.05, 0.1) is 0 Å². The van der Waals surface area contributed by atoms with E-state index in [0.29, 0.717) is 6.42 Å². The van der Waals surface area contributed by atoms with E-state index in [0.717, 1.165) is 31.7 Å². The molecule has 3 nitrogen and oxygen atoms in total. The largest absolute Gasteiger partial charge is 0.356 e. The quantitative estimate of drug-likeness (QED) is 0.803. The molecule has 0 bridgehead atoms. The summed E-state index contributed by atoms with van der Waals surface area (Å²) in [6, 6.07) is 0. The van der Waals surface area contributed by atoms with Gasteiger partial charge in [-0.2, -0.15) is 0 Å². The average Bonchev–Trinajstić information content (AvgIpc) is 2.40. The van der Waals surface area contributed by atoms with Crippen molar-refractivity contribution in [2.75, 3.05) is 6.54 Å². The van der Waals surface area contributed by atoms with Gasteiger partial charge in [0.1, 0.15) is 0 Å². The highest BCUT2D eigenvalue weighted by atomic mass is 16.1. The van der Waals surface area contributed by atoms with E-state index in [2.05, 4.69) is 5.32 Å². The Balaban J connectivity index is 1.61. The molecule has 0 spiro atoms. The number of nitrogens with two attached hydrogens (primary N) is 1. The Bertz CT molecular complexity index is 278. The second kappa shape index (κ2) is 7.28. The van der Waals surface area contributed by atoms with Crippen molar-refractivity contribution >= 4 is 5.91 Å².